The Morgan fingerprint density at radius 1 is 1.30 bits per heavy atom. The van der Waals surface area contributed by atoms with Crippen molar-refractivity contribution in [2.24, 2.45) is 5.92 Å². The smallest absolute Gasteiger partial charge is 0.315 e. The molecule has 2 N–H and O–H groups in total. The van der Waals surface area contributed by atoms with Crippen molar-refractivity contribution in [1.82, 2.24) is 10.6 Å². The van der Waals surface area contributed by atoms with Gasteiger partial charge >= 0.3 is 6.03 Å². The van der Waals surface area contributed by atoms with Crippen molar-refractivity contribution in [3.05, 3.63) is 29.8 Å². The van der Waals surface area contributed by atoms with E-state index in [1.54, 1.807) is 7.11 Å². The van der Waals surface area contributed by atoms with Crippen LogP contribution in [0.1, 0.15) is 18.4 Å². The SMILES string of the molecule is COc1ccccc1CNC(=O)NCC1CCOCC1. The number of nitrogens with one attached hydrogen (secondary N) is 2. The Bertz CT molecular complexity index is 431. The van der Waals surface area contributed by atoms with Gasteiger partial charge in [-0.3, -0.25) is 0 Å². The molecule has 1 aromatic rings. The maximum Gasteiger partial charge on any atom is 0.315 e. The average Bonchev–Trinajstić information content (AvgIpc) is 2.52. The van der Waals surface area contributed by atoms with E-state index in [2.05, 4.69) is 10.6 Å². The zero-order chi connectivity index (χ0) is 14.2. The number of hydrogen-bond donors (Lipinski definition) is 2. The van der Waals surface area contributed by atoms with Crippen LogP contribution in [0.4, 0.5) is 4.79 Å². The molecule has 0 saturated carbocycles. The van der Waals surface area contributed by atoms with Crippen LogP contribution in [0.2, 0.25) is 0 Å². The molecule has 1 heterocycles. The highest BCUT2D eigenvalue weighted by molar-refractivity contribution is 5.73. The van der Waals surface area contributed by atoms with Gasteiger partial charge in [-0.2, -0.15) is 0 Å². The van der Waals surface area contributed by atoms with Gasteiger partial charge in [-0.15, -0.1) is 0 Å². The van der Waals surface area contributed by atoms with E-state index in [0.29, 0.717) is 19.0 Å². The molecule has 0 atom stereocenters. The van der Waals surface area contributed by atoms with Crippen LogP contribution in [-0.4, -0.2) is 32.9 Å². The molecule has 1 fully saturated rings. The molecule has 0 unspecified atom stereocenters. The Labute approximate surface area is 119 Å². The molecule has 2 rings (SSSR count). The van der Waals surface area contributed by atoms with Crippen molar-refractivity contribution in [3.8, 4) is 5.75 Å². The standard InChI is InChI=1S/C15H22N2O3/c1-19-14-5-3-2-4-13(14)11-17-15(18)16-10-12-6-8-20-9-7-12/h2-5,12H,6-11H2,1H3,(H2,16,17,18). The second-order valence-electron chi connectivity index (χ2n) is 4.93. The van der Waals surface area contributed by atoms with E-state index in [1.165, 1.54) is 0 Å². The fraction of sp³-hybridized carbons (Fsp3) is 0.533. The van der Waals surface area contributed by atoms with E-state index in [4.69, 9.17) is 9.47 Å². The average molecular weight is 278 g/mol. The quantitative estimate of drug-likeness (QED) is 0.865. The van der Waals surface area contributed by atoms with Crippen LogP contribution in [0.3, 0.4) is 0 Å². The Morgan fingerprint density at radius 3 is 2.80 bits per heavy atom. The first-order chi connectivity index (χ1) is 9.79. The number of para-hydroxylation sites is 1. The summed E-state index contributed by atoms with van der Waals surface area (Å²) in [6.07, 6.45) is 2.04. The van der Waals surface area contributed by atoms with Crippen LogP contribution in [-0.2, 0) is 11.3 Å². The molecule has 0 spiro atoms. The molecular weight excluding hydrogens is 256 g/mol. The van der Waals surface area contributed by atoms with Gasteiger partial charge in [0.2, 0.25) is 0 Å². The highest BCUT2D eigenvalue weighted by Gasteiger charge is 2.14. The Hall–Kier alpha value is -1.75. The maximum absolute atomic E-state index is 11.8. The summed E-state index contributed by atoms with van der Waals surface area (Å²) in [6, 6.07) is 7.53. The number of methoxy groups -OCH3 is 1. The van der Waals surface area contributed by atoms with Gasteiger partial charge < -0.3 is 20.1 Å². The monoisotopic (exact) mass is 278 g/mol. The van der Waals surface area contributed by atoms with Crippen LogP contribution < -0.4 is 15.4 Å². The number of amides is 2. The van der Waals surface area contributed by atoms with Crippen molar-refractivity contribution in [3.63, 3.8) is 0 Å². The summed E-state index contributed by atoms with van der Waals surface area (Å²) in [5.74, 6) is 1.32. The van der Waals surface area contributed by atoms with Gasteiger partial charge in [-0.05, 0) is 24.8 Å². The second kappa shape index (κ2) is 7.75. The van der Waals surface area contributed by atoms with Crippen molar-refractivity contribution in [2.75, 3.05) is 26.9 Å². The molecule has 0 aromatic heterocycles. The summed E-state index contributed by atoms with van der Waals surface area (Å²) < 4.78 is 10.5. The summed E-state index contributed by atoms with van der Waals surface area (Å²) in [4.78, 5) is 11.8. The highest BCUT2D eigenvalue weighted by atomic mass is 16.5. The topological polar surface area (TPSA) is 59.6 Å². The molecule has 0 aliphatic carbocycles. The molecule has 0 radical (unpaired) electrons. The molecule has 5 heteroatoms. The lowest BCUT2D eigenvalue weighted by Crippen LogP contribution is -2.39. The van der Waals surface area contributed by atoms with E-state index in [-0.39, 0.29) is 6.03 Å². The van der Waals surface area contributed by atoms with Gasteiger partial charge in [-0.1, -0.05) is 18.2 Å². The van der Waals surface area contributed by atoms with E-state index in [9.17, 15) is 4.79 Å². The molecule has 2 amide bonds. The Kier molecular flexibility index (Phi) is 5.68. The van der Waals surface area contributed by atoms with Gasteiger partial charge in [0, 0.05) is 31.9 Å². The van der Waals surface area contributed by atoms with Gasteiger partial charge in [0.05, 0.1) is 7.11 Å². The predicted molar refractivity (Wildman–Crippen MR) is 76.8 cm³/mol. The summed E-state index contributed by atoms with van der Waals surface area (Å²) in [5, 5.41) is 5.77. The van der Waals surface area contributed by atoms with E-state index >= 15 is 0 Å². The lowest BCUT2D eigenvalue weighted by Gasteiger charge is -2.22. The van der Waals surface area contributed by atoms with Crippen molar-refractivity contribution >= 4 is 6.03 Å². The lowest BCUT2D eigenvalue weighted by atomic mass is 10.0. The fourth-order valence-corrected chi connectivity index (χ4v) is 2.27. The number of rotatable bonds is 5. The number of urea groups is 1. The molecule has 1 aromatic carbocycles. The van der Waals surface area contributed by atoms with Crippen molar-refractivity contribution < 1.29 is 14.3 Å². The molecule has 20 heavy (non-hydrogen) atoms. The van der Waals surface area contributed by atoms with Crippen LogP contribution >= 0.6 is 0 Å². The molecule has 0 bridgehead atoms. The minimum Gasteiger partial charge on any atom is -0.496 e. The minimum absolute atomic E-state index is 0.137. The molecule has 5 nitrogen and oxygen atoms in total. The second-order valence-corrected chi connectivity index (χ2v) is 4.93. The Morgan fingerprint density at radius 2 is 2.05 bits per heavy atom. The highest BCUT2D eigenvalue weighted by Crippen LogP contribution is 2.16. The zero-order valence-electron chi connectivity index (χ0n) is 11.9. The molecule has 110 valence electrons. The number of hydrogen-bond acceptors (Lipinski definition) is 3. The Balaban J connectivity index is 1.71. The van der Waals surface area contributed by atoms with Crippen molar-refractivity contribution in [2.45, 2.75) is 19.4 Å². The number of carbonyl (C=O) groups excluding carboxylic acids is 1. The zero-order valence-corrected chi connectivity index (χ0v) is 11.9. The van der Waals surface area contributed by atoms with E-state index < -0.39 is 0 Å². The summed E-state index contributed by atoms with van der Waals surface area (Å²) in [5.41, 5.74) is 0.969. The maximum atomic E-state index is 11.8. The third-order valence-corrected chi connectivity index (χ3v) is 3.52. The third-order valence-electron chi connectivity index (χ3n) is 3.52. The molecule has 1 saturated heterocycles. The van der Waals surface area contributed by atoms with Gasteiger partial charge in [0.1, 0.15) is 5.75 Å². The van der Waals surface area contributed by atoms with E-state index in [1.807, 2.05) is 24.3 Å². The van der Waals surface area contributed by atoms with Crippen molar-refractivity contribution in [1.29, 1.82) is 0 Å². The first kappa shape index (κ1) is 14.7. The van der Waals surface area contributed by atoms with Crippen LogP contribution in [0.15, 0.2) is 24.3 Å². The molecular formula is C15H22N2O3. The lowest BCUT2D eigenvalue weighted by molar-refractivity contribution is 0.0669. The minimum atomic E-state index is -0.137. The van der Waals surface area contributed by atoms with Crippen LogP contribution in [0.5, 0.6) is 5.75 Å². The normalized spacial score (nSPS) is 15.7. The largest absolute Gasteiger partial charge is 0.496 e. The molecule has 1 aliphatic heterocycles. The van der Waals surface area contributed by atoms with Gasteiger partial charge in [0.25, 0.3) is 0 Å². The number of benzene rings is 1. The number of ether oxygens (including phenoxy) is 2. The summed E-state index contributed by atoms with van der Waals surface area (Å²) in [7, 11) is 1.63. The van der Waals surface area contributed by atoms with Gasteiger partial charge in [0.15, 0.2) is 0 Å². The first-order valence-electron chi connectivity index (χ1n) is 7.01. The first-order valence-corrected chi connectivity index (χ1v) is 7.01. The van der Waals surface area contributed by atoms with Gasteiger partial charge in [-0.25, -0.2) is 4.79 Å². The molecule has 1 aliphatic rings. The third kappa shape index (κ3) is 4.42. The fourth-order valence-electron chi connectivity index (χ4n) is 2.27. The predicted octanol–water partition coefficient (Wildman–Crippen LogP) is 1.92. The van der Waals surface area contributed by atoms with Crippen LogP contribution in [0.25, 0.3) is 0 Å². The summed E-state index contributed by atoms with van der Waals surface area (Å²) in [6.45, 7) is 2.77. The summed E-state index contributed by atoms with van der Waals surface area (Å²) >= 11 is 0. The number of carbonyl (C=O) groups is 1. The van der Waals surface area contributed by atoms with Crippen LogP contribution in [0, 0.1) is 5.92 Å². The van der Waals surface area contributed by atoms with E-state index in [0.717, 1.165) is 37.4 Å².